The zero-order valence-electron chi connectivity index (χ0n) is 7.29. The second-order valence-electron chi connectivity index (χ2n) is 3.02. The molecule has 0 amide bonds. The molecule has 0 saturated carbocycles. The lowest BCUT2D eigenvalue weighted by molar-refractivity contribution is -0.133. The molecule has 0 aliphatic heterocycles. The summed E-state index contributed by atoms with van der Waals surface area (Å²) in [6.45, 7) is 0. The number of hydrogen-bond donors (Lipinski definition) is 3. The molecule has 0 heterocycles. The molecule has 0 radical (unpaired) electrons. The highest BCUT2D eigenvalue weighted by atomic mass is 31.2. The number of carboxylic acids is 1. The van der Waals surface area contributed by atoms with Crippen LogP contribution in [0.5, 0.6) is 0 Å². The highest BCUT2D eigenvalue weighted by Crippen LogP contribution is 2.40. The number of carboxylic acid groups (broad SMARTS) is 1. The van der Waals surface area contributed by atoms with E-state index in [1.807, 2.05) is 0 Å². The Hall–Kier alpha value is -0.680. The molecule has 1 unspecified atom stereocenters. The van der Waals surface area contributed by atoms with E-state index in [9.17, 15) is 9.36 Å². The van der Waals surface area contributed by atoms with Gasteiger partial charge in [-0.25, -0.2) is 9.36 Å². The Labute approximate surface area is 80.4 Å². The molecule has 0 bridgehead atoms. The second-order valence-corrected chi connectivity index (χ2v) is 4.22. The fourth-order valence-electron chi connectivity index (χ4n) is 1.32. The summed E-state index contributed by atoms with van der Waals surface area (Å²) in [6, 6.07) is 0. The van der Waals surface area contributed by atoms with Crippen LogP contribution in [-0.4, -0.2) is 27.0 Å². The Morgan fingerprint density at radius 1 is 1.57 bits per heavy atom. The highest BCUT2D eigenvalue weighted by molar-refractivity contribution is 7.46. The SMILES string of the molecule is O=C(O)C1=CC(OP(=O)(O)O)CCC1. The number of phosphoric ester groups is 1. The summed E-state index contributed by atoms with van der Waals surface area (Å²) in [5.74, 6) is -1.07. The zero-order chi connectivity index (χ0) is 10.8. The standard InChI is InChI=1S/C7H11O6P/c8-7(9)5-2-1-3-6(4-5)13-14(10,11)12/h4,6H,1-3H2,(H,8,9)(H2,10,11,12). The number of phosphoric acid groups is 1. The van der Waals surface area contributed by atoms with Crippen LogP contribution in [0.4, 0.5) is 0 Å². The van der Waals surface area contributed by atoms with Crippen molar-refractivity contribution in [2.45, 2.75) is 25.4 Å². The van der Waals surface area contributed by atoms with Crippen molar-refractivity contribution in [2.24, 2.45) is 0 Å². The molecule has 0 spiro atoms. The summed E-state index contributed by atoms with van der Waals surface area (Å²) < 4.78 is 14.9. The maximum Gasteiger partial charge on any atom is 0.470 e. The average Bonchev–Trinajstić information content (AvgIpc) is 2.01. The molecule has 0 aromatic rings. The van der Waals surface area contributed by atoms with Crippen molar-refractivity contribution in [2.75, 3.05) is 0 Å². The lowest BCUT2D eigenvalue weighted by Crippen LogP contribution is -2.16. The molecule has 1 aliphatic rings. The van der Waals surface area contributed by atoms with Gasteiger partial charge >= 0.3 is 13.8 Å². The summed E-state index contributed by atoms with van der Waals surface area (Å²) in [7, 11) is -4.53. The van der Waals surface area contributed by atoms with E-state index in [1.165, 1.54) is 6.08 Å². The summed E-state index contributed by atoms with van der Waals surface area (Å²) in [6.07, 6.45) is 1.86. The van der Waals surface area contributed by atoms with E-state index in [-0.39, 0.29) is 5.57 Å². The topological polar surface area (TPSA) is 104 Å². The molecule has 80 valence electrons. The van der Waals surface area contributed by atoms with Gasteiger partial charge in [-0.1, -0.05) is 0 Å². The fraction of sp³-hybridized carbons (Fsp3) is 0.571. The summed E-state index contributed by atoms with van der Waals surface area (Å²) >= 11 is 0. The molecule has 14 heavy (non-hydrogen) atoms. The Morgan fingerprint density at radius 2 is 2.21 bits per heavy atom. The van der Waals surface area contributed by atoms with Crippen molar-refractivity contribution >= 4 is 13.8 Å². The van der Waals surface area contributed by atoms with Crippen LogP contribution in [0.15, 0.2) is 11.6 Å². The first kappa shape index (κ1) is 11.4. The molecular weight excluding hydrogens is 211 g/mol. The lowest BCUT2D eigenvalue weighted by Gasteiger charge is -2.19. The van der Waals surface area contributed by atoms with Gasteiger partial charge in [0.2, 0.25) is 0 Å². The van der Waals surface area contributed by atoms with Crippen LogP contribution in [-0.2, 0) is 13.9 Å². The minimum absolute atomic E-state index is 0.148. The van der Waals surface area contributed by atoms with Crippen LogP contribution in [0.2, 0.25) is 0 Å². The van der Waals surface area contributed by atoms with Crippen molar-refractivity contribution in [3.63, 3.8) is 0 Å². The Morgan fingerprint density at radius 3 is 2.71 bits per heavy atom. The number of hydrogen-bond acceptors (Lipinski definition) is 3. The first-order valence-corrected chi connectivity index (χ1v) is 5.59. The van der Waals surface area contributed by atoms with Crippen molar-refractivity contribution in [1.29, 1.82) is 0 Å². The van der Waals surface area contributed by atoms with E-state index in [1.54, 1.807) is 0 Å². The molecule has 0 aromatic carbocycles. The molecular formula is C7H11O6P. The van der Waals surface area contributed by atoms with Crippen LogP contribution in [0.1, 0.15) is 19.3 Å². The molecule has 0 fully saturated rings. The van der Waals surface area contributed by atoms with Crippen molar-refractivity contribution in [3.8, 4) is 0 Å². The number of carbonyl (C=O) groups is 1. The summed E-state index contributed by atoms with van der Waals surface area (Å²) in [4.78, 5) is 27.6. The molecule has 3 N–H and O–H groups in total. The lowest BCUT2D eigenvalue weighted by atomic mass is 9.98. The van der Waals surface area contributed by atoms with Gasteiger partial charge in [-0.15, -0.1) is 0 Å². The fourth-order valence-corrected chi connectivity index (χ4v) is 1.84. The quantitative estimate of drug-likeness (QED) is 0.606. The zero-order valence-corrected chi connectivity index (χ0v) is 8.18. The van der Waals surface area contributed by atoms with Gasteiger partial charge in [0.15, 0.2) is 0 Å². The average molecular weight is 222 g/mol. The summed E-state index contributed by atoms with van der Waals surface area (Å²) in [5.41, 5.74) is 0.148. The van der Waals surface area contributed by atoms with Gasteiger partial charge in [-0.2, -0.15) is 0 Å². The number of rotatable bonds is 3. The van der Waals surface area contributed by atoms with E-state index in [2.05, 4.69) is 4.52 Å². The van der Waals surface area contributed by atoms with Crippen molar-refractivity contribution in [1.82, 2.24) is 0 Å². The van der Waals surface area contributed by atoms with Gasteiger partial charge < -0.3 is 14.9 Å². The maximum absolute atomic E-state index is 10.5. The molecule has 7 heteroatoms. The number of aliphatic carboxylic acids is 1. The molecule has 0 aromatic heterocycles. The predicted molar refractivity (Wildman–Crippen MR) is 46.5 cm³/mol. The third-order valence-electron chi connectivity index (χ3n) is 1.87. The van der Waals surface area contributed by atoms with Crippen molar-refractivity contribution in [3.05, 3.63) is 11.6 Å². The summed E-state index contributed by atoms with van der Waals surface area (Å²) in [5, 5.41) is 8.64. The molecule has 6 nitrogen and oxygen atoms in total. The Bertz CT molecular complexity index is 303. The van der Waals surface area contributed by atoms with Crippen LogP contribution in [0.25, 0.3) is 0 Å². The van der Waals surface area contributed by atoms with Crippen molar-refractivity contribution < 1.29 is 28.8 Å². The van der Waals surface area contributed by atoms with E-state index < -0.39 is 19.9 Å². The first-order chi connectivity index (χ1) is 6.38. The van der Waals surface area contributed by atoms with Gasteiger partial charge in [0, 0.05) is 5.57 Å². The third kappa shape index (κ3) is 3.59. The Balaban J connectivity index is 2.68. The van der Waals surface area contributed by atoms with E-state index in [0.717, 1.165) is 0 Å². The highest BCUT2D eigenvalue weighted by Gasteiger charge is 2.24. The van der Waals surface area contributed by atoms with Crippen LogP contribution in [0.3, 0.4) is 0 Å². The minimum atomic E-state index is -4.53. The van der Waals surface area contributed by atoms with E-state index >= 15 is 0 Å². The van der Waals surface area contributed by atoms with Crippen LogP contribution < -0.4 is 0 Å². The van der Waals surface area contributed by atoms with Gasteiger partial charge in [0.25, 0.3) is 0 Å². The molecule has 0 saturated heterocycles. The molecule has 1 rings (SSSR count). The second kappa shape index (κ2) is 4.23. The van der Waals surface area contributed by atoms with Gasteiger partial charge in [0.05, 0.1) is 6.10 Å². The van der Waals surface area contributed by atoms with Gasteiger partial charge in [-0.3, -0.25) is 4.52 Å². The van der Waals surface area contributed by atoms with E-state index in [4.69, 9.17) is 14.9 Å². The smallest absolute Gasteiger partial charge is 0.470 e. The van der Waals surface area contributed by atoms with Crippen LogP contribution >= 0.6 is 7.82 Å². The monoisotopic (exact) mass is 222 g/mol. The van der Waals surface area contributed by atoms with Gasteiger partial charge in [-0.05, 0) is 25.3 Å². The first-order valence-electron chi connectivity index (χ1n) is 4.06. The predicted octanol–water partition coefficient (Wildman–Crippen LogP) is 0.659. The van der Waals surface area contributed by atoms with E-state index in [0.29, 0.717) is 19.3 Å². The maximum atomic E-state index is 10.5. The van der Waals surface area contributed by atoms with Crippen LogP contribution in [0, 0.1) is 0 Å². The normalized spacial score (nSPS) is 23.0. The Kier molecular flexibility index (Phi) is 3.44. The largest absolute Gasteiger partial charge is 0.478 e. The molecule has 1 aliphatic carbocycles. The third-order valence-corrected chi connectivity index (χ3v) is 2.41. The minimum Gasteiger partial charge on any atom is -0.478 e. The molecule has 1 atom stereocenters. The van der Waals surface area contributed by atoms with Gasteiger partial charge in [0.1, 0.15) is 0 Å².